The van der Waals surface area contributed by atoms with Crippen molar-refractivity contribution >= 4 is 5.90 Å². The van der Waals surface area contributed by atoms with Crippen LogP contribution in [0.1, 0.15) is 66.2 Å². The molecule has 0 heterocycles. The predicted octanol–water partition coefficient (Wildman–Crippen LogP) is 3.75. The largest absolute Gasteiger partial charge is 0.475 e. The molecule has 0 saturated carbocycles. The monoisotopic (exact) mass is 243 g/mol. The van der Waals surface area contributed by atoms with E-state index in [1.54, 1.807) is 0 Å². The van der Waals surface area contributed by atoms with E-state index in [0.29, 0.717) is 5.90 Å². The first-order valence-corrected chi connectivity index (χ1v) is 6.90. The molecule has 0 rings (SSSR count). The molecule has 3 heteroatoms. The quantitative estimate of drug-likeness (QED) is 0.478. The summed E-state index contributed by atoms with van der Waals surface area (Å²) < 4.78 is 5.63. The molecule has 0 aliphatic carbocycles. The summed E-state index contributed by atoms with van der Waals surface area (Å²) in [4.78, 5) is 0. The first-order chi connectivity index (χ1) is 8.03. The molecule has 0 amide bonds. The van der Waals surface area contributed by atoms with Gasteiger partial charge in [0.15, 0.2) is 5.90 Å². The molecule has 0 aromatic carbocycles. The Bertz CT molecular complexity index is 218. The van der Waals surface area contributed by atoms with Gasteiger partial charge in [-0.3, -0.25) is 5.41 Å². The van der Waals surface area contributed by atoms with Crippen LogP contribution < -0.4 is 0 Å². The van der Waals surface area contributed by atoms with E-state index in [1.165, 1.54) is 0 Å². The van der Waals surface area contributed by atoms with Crippen molar-refractivity contribution in [2.45, 2.75) is 72.3 Å². The number of ether oxygens (including phenoxy) is 1. The highest BCUT2D eigenvalue weighted by Crippen LogP contribution is 2.30. The fourth-order valence-corrected chi connectivity index (χ4v) is 1.84. The minimum Gasteiger partial charge on any atom is -0.475 e. The number of hydrogen-bond donors (Lipinski definition) is 2. The predicted molar refractivity (Wildman–Crippen MR) is 72.5 cm³/mol. The Hall–Kier alpha value is -0.570. The molecule has 0 fully saturated rings. The summed E-state index contributed by atoms with van der Waals surface area (Å²) in [5, 5.41) is 17.3. The van der Waals surface area contributed by atoms with Crippen LogP contribution in [0, 0.1) is 10.8 Å². The normalized spacial score (nSPS) is 16.3. The Balaban J connectivity index is 4.41. The lowest BCUT2D eigenvalue weighted by molar-refractivity contribution is 0.0798. The van der Waals surface area contributed by atoms with E-state index in [1.807, 2.05) is 0 Å². The Morgan fingerprint density at radius 1 is 1.29 bits per heavy atom. The van der Waals surface area contributed by atoms with Gasteiger partial charge in [-0.2, -0.15) is 0 Å². The topological polar surface area (TPSA) is 53.3 Å². The summed E-state index contributed by atoms with van der Waals surface area (Å²) in [7, 11) is 0. The molecule has 0 radical (unpaired) electrons. The van der Waals surface area contributed by atoms with E-state index in [0.717, 1.165) is 38.5 Å². The molecule has 17 heavy (non-hydrogen) atoms. The van der Waals surface area contributed by atoms with Crippen molar-refractivity contribution in [2.75, 3.05) is 6.61 Å². The number of rotatable bonds is 9. The fourth-order valence-electron chi connectivity index (χ4n) is 1.84. The summed E-state index contributed by atoms with van der Waals surface area (Å²) in [6.45, 7) is 8.41. The minimum atomic E-state index is -0.208. The van der Waals surface area contributed by atoms with Gasteiger partial charge in [-0.25, -0.2) is 0 Å². The summed E-state index contributed by atoms with van der Waals surface area (Å²) >= 11 is 0. The van der Waals surface area contributed by atoms with E-state index in [-0.39, 0.29) is 18.1 Å². The van der Waals surface area contributed by atoms with Gasteiger partial charge >= 0.3 is 0 Å². The molecule has 0 aromatic rings. The van der Waals surface area contributed by atoms with Crippen LogP contribution in [0.25, 0.3) is 0 Å². The van der Waals surface area contributed by atoms with Gasteiger partial charge in [-0.1, -0.05) is 47.0 Å². The molecule has 0 aromatic heterocycles. The summed E-state index contributed by atoms with van der Waals surface area (Å²) in [5.41, 5.74) is -0.169. The fraction of sp³-hybridized carbons (Fsp3) is 0.929. The zero-order valence-electron chi connectivity index (χ0n) is 11.9. The number of aliphatic hydroxyl groups excluding tert-OH is 1. The van der Waals surface area contributed by atoms with Gasteiger partial charge in [0.05, 0.1) is 6.61 Å². The molecule has 102 valence electrons. The van der Waals surface area contributed by atoms with Crippen LogP contribution in [-0.4, -0.2) is 23.7 Å². The third-order valence-corrected chi connectivity index (χ3v) is 3.51. The summed E-state index contributed by atoms with van der Waals surface area (Å²) in [6, 6.07) is 0. The first-order valence-electron chi connectivity index (χ1n) is 6.90. The molecule has 0 bridgehead atoms. The van der Waals surface area contributed by atoms with Gasteiger partial charge in [0, 0.05) is 5.41 Å². The molecule has 0 aliphatic rings. The van der Waals surface area contributed by atoms with Crippen LogP contribution in [-0.2, 0) is 4.74 Å². The zero-order valence-corrected chi connectivity index (χ0v) is 11.9. The molecular formula is C14H29NO2. The van der Waals surface area contributed by atoms with Gasteiger partial charge in [0.25, 0.3) is 0 Å². The minimum absolute atomic E-state index is 0.00376. The van der Waals surface area contributed by atoms with E-state index in [9.17, 15) is 5.11 Å². The SMILES string of the molecule is CCCCC(C)(CC)C(=N)OC(CO)CCC. The van der Waals surface area contributed by atoms with Crippen molar-refractivity contribution in [2.24, 2.45) is 5.41 Å². The second kappa shape index (κ2) is 8.51. The van der Waals surface area contributed by atoms with Crippen LogP contribution in [0.4, 0.5) is 0 Å². The number of hydrogen-bond acceptors (Lipinski definition) is 3. The number of unbranched alkanes of at least 4 members (excludes halogenated alkanes) is 1. The molecule has 2 atom stereocenters. The Kier molecular flexibility index (Phi) is 8.23. The molecule has 0 spiro atoms. The maximum Gasteiger partial charge on any atom is 0.186 e. The summed E-state index contributed by atoms with van der Waals surface area (Å²) in [6.07, 6.45) is 5.73. The first kappa shape index (κ1) is 16.4. The third-order valence-electron chi connectivity index (χ3n) is 3.51. The van der Waals surface area contributed by atoms with Crippen molar-refractivity contribution in [3.8, 4) is 0 Å². The number of nitrogens with one attached hydrogen (secondary N) is 1. The molecule has 0 saturated heterocycles. The smallest absolute Gasteiger partial charge is 0.186 e. The standard InChI is InChI=1S/C14H29NO2/c1-5-8-10-14(4,7-3)13(15)17-12(11-16)9-6-2/h12,15-16H,5-11H2,1-4H3. The van der Waals surface area contributed by atoms with Crippen molar-refractivity contribution in [3.63, 3.8) is 0 Å². The van der Waals surface area contributed by atoms with Crippen molar-refractivity contribution in [1.82, 2.24) is 0 Å². The lowest BCUT2D eigenvalue weighted by Gasteiger charge is -2.31. The van der Waals surface area contributed by atoms with Crippen LogP contribution >= 0.6 is 0 Å². The Labute approximate surface area is 106 Å². The van der Waals surface area contributed by atoms with E-state index >= 15 is 0 Å². The van der Waals surface area contributed by atoms with Gasteiger partial charge in [0.2, 0.25) is 0 Å². The average Bonchev–Trinajstić information content (AvgIpc) is 2.35. The Morgan fingerprint density at radius 2 is 1.94 bits per heavy atom. The van der Waals surface area contributed by atoms with Crippen LogP contribution in [0.2, 0.25) is 0 Å². The molecule has 2 unspecified atom stereocenters. The maximum absolute atomic E-state index is 9.20. The lowest BCUT2D eigenvalue weighted by atomic mass is 9.82. The second-order valence-corrected chi connectivity index (χ2v) is 5.06. The van der Waals surface area contributed by atoms with Crippen molar-refractivity contribution < 1.29 is 9.84 Å². The zero-order chi connectivity index (χ0) is 13.3. The number of aliphatic hydroxyl groups is 1. The second-order valence-electron chi connectivity index (χ2n) is 5.06. The van der Waals surface area contributed by atoms with Gasteiger partial charge in [0.1, 0.15) is 6.10 Å². The highest BCUT2D eigenvalue weighted by molar-refractivity contribution is 5.79. The summed E-state index contributed by atoms with van der Waals surface area (Å²) in [5.74, 6) is 0.348. The molecular weight excluding hydrogens is 214 g/mol. The van der Waals surface area contributed by atoms with Gasteiger partial charge in [-0.15, -0.1) is 0 Å². The molecule has 2 N–H and O–H groups in total. The highest BCUT2D eigenvalue weighted by atomic mass is 16.5. The lowest BCUT2D eigenvalue weighted by Crippen LogP contribution is -2.33. The third kappa shape index (κ3) is 5.53. The molecule has 3 nitrogen and oxygen atoms in total. The van der Waals surface area contributed by atoms with Crippen LogP contribution in [0.5, 0.6) is 0 Å². The maximum atomic E-state index is 9.20. The van der Waals surface area contributed by atoms with Crippen LogP contribution in [0.15, 0.2) is 0 Å². The highest BCUT2D eigenvalue weighted by Gasteiger charge is 2.30. The molecule has 0 aliphatic heterocycles. The van der Waals surface area contributed by atoms with Gasteiger partial charge in [-0.05, 0) is 19.3 Å². The van der Waals surface area contributed by atoms with E-state index < -0.39 is 0 Å². The Morgan fingerprint density at radius 3 is 2.35 bits per heavy atom. The van der Waals surface area contributed by atoms with Crippen LogP contribution in [0.3, 0.4) is 0 Å². The average molecular weight is 243 g/mol. The van der Waals surface area contributed by atoms with Gasteiger partial charge < -0.3 is 9.84 Å². The van der Waals surface area contributed by atoms with Crippen molar-refractivity contribution in [1.29, 1.82) is 5.41 Å². The van der Waals surface area contributed by atoms with E-state index in [4.69, 9.17) is 10.1 Å². The van der Waals surface area contributed by atoms with Crippen molar-refractivity contribution in [3.05, 3.63) is 0 Å². The van der Waals surface area contributed by atoms with E-state index in [2.05, 4.69) is 27.7 Å².